The zero-order valence-corrected chi connectivity index (χ0v) is 30.7. The molecule has 0 aliphatic carbocycles. The van der Waals surface area contributed by atoms with E-state index in [4.69, 9.17) is 35.2 Å². The smallest absolute Gasteiger partial charge is 0.292 e. The van der Waals surface area contributed by atoms with Crippen LogP contribution in [0.1, 0.15) is 42.9 Å². The van der Waals surface area contributed by atoms with Gasteiger partial charge in [-0.05, 0) is 61.1 Å². The van der Waals surface area contributed by atoms with Gasteiger partial charge in [-0.15, -0.1) is 0 Å². The average Bonchev–Trinajstić information content (AvgIpc) is 3.74. The number of nitrogen functional groups attached to an aromatic ring is 2. The number of likely N-dealkylation sites (tertiary alicyclic amines) is 1. The second kappa shape index (κ2) is 17.3. The van der Waals surface area contributed by atoms with Gasteiger partial charge >= 0.3 is 0 Å². The van der Waals surface area contributed by atoms with Gasteiger partial charge in [0.15, 0.2) is 11.2 Å². The summed E-state index contributed by atoms with van der Waals surface area (Å²) >= 11 is 0. The third kappa shape index (κ3) is 8.95. The number of fused-ring (bicyclic) bond motifs is 3. The molecule has 3 aromatic heterocycles. The molecule has 5 aromatic rings. The quantitative estimate of drug-likeness (QED) is 0.125. The number of hydrogen-bond donors (Lipinski definition) is 3. The van der Waals surface area contributed by atoms with Crippen LogP contribution in [0, 0.1) is 0 Å². The number of aromatic nitrogens is 5. The van der Waals surface area contributed by atoms with E-state index >= 15 is 0 Å². The van der Waals surface area contributed by atoms with Crippen molar-refractivity contribution in [1.82, 2.24) is 39.8 Å². The van der Waals surface area contributed by atoms with Crippen LogP contribution >= 0.6 is 0 Å². The highest BCUT2D eigenvalue weighted by Gasteiger charge is 2.26. The number of nitrogens with two attached hydrogens (primary N) is 2. The van der Waals surface area contributed by atoms with Crippen LogP contribution in [-0.2, 0) is 43.3 Å². The lowest BCUT2D eigenvalue weighted by Crippen LogP contribution is -2.48. The number of carbonyl (C=O) groups is 2. The number of anilines is 2. The molecule has 16 heteroatoms. The van der Waals surface area contributed by atoms with E-state index in [0.29, 0.717) is 106 Å². The largest absolute Gasteiger partial charge is 0.424 e. The number of benzene rings is 2. The van der Waals surface area contributed by atoms with Crippen molar-refractivity contribution in [2.45, 2.75) is 51.7 Å². The third-order valence-corrected chi connectivity index (χ3v) is 9.94. The maximum atomic E-state index is 13.4. The minimum absolute atomic E-state index is 0.00836. The van der Waals surface area contributed by atoms with Crippen molar-refractivity contribution < 1.29 is 28.2 Å². The van der Waals surface area contributed by atoms with Crippen molar-refractivity contribution >= 4 is 45.8 Å². The third-order valence-electron chi connectivity index (χ3n) is 9.94. The van der Waals surface area contributed by atoms with Crippen LogP contribution in [-0.4, -0.2) is 118 Å². The van der Waals surface area contributed by atoms with Gasteiger partial charge in [0.1, 0.15) is 23.4 Å². The number of ether oxygens (including phenoxy) is 3. The monoisotopic (exact) mass is 740 g/mol. The summed E-state index contributed by atoms with van der Waals surface area (Å²) in [5.41, 5.74) is 18.9. The lowest BCUT2D eigenvalue weighted by Gasteiger charge is -2.35. The fourth-order valence-corrected chi connectivity index (χ4v) is 7.10. The molecule has 2 amide bonds. The Bertz CT molecular complexity index is 2070. The van der Waals surface area contributed by atoms with Crippen LogP contribution in [0.3, 0.4) is 0 Å². The maximum Gasteiger partial charge on any atom is 0.292 e. The first-order valence-corrected chi connectivity index (χ1v) is 18.6. The van der Waals surface area contributed by atoms with Gasteiger partial charge in [-0.2, -0.15) is 10.1 Å². The van der Waals surface area contributed by atoms with Crippen molar-refractivity contribution in [3.05, 3.63) is 59.4 Å². The van der Waals surface area contributed by atoms with E-state index in [9.17, 15) is 9.59 Å². The van der Waals surface area contributed by atoms with Crippen molar-refractivity contribution in [2.75, 3.05) is 77.3 Å². The summed E-state index contributed by atoms with van der Waals surface area (Å²) in [5.74, 6) is 0.466. The molecule has 16 nitrogen and oxygen atoms in total. The number of nitrogens with zero attached hydrogens (tertiary/aromatic N) is 7. The molecule has 0 spiro atoms. The molecule has 1 fully saturated rings. The summed E-state index contributed by atoms with van der Waals surface area (Å²) in [6.45, 7) is 8.68. The van der Waals surface area contributed by atoms with Gasteiger partial charge in [0.05, 0.1) is 51.5 Å². The Hall–Kier alpha value is -5.16. The number of amides is 2. The van der Waals surface area contributed by atoms with E-state index in [0.717, 1.165) is 49.0 Å². The molecule has 5 heterocycles. The van der Waals surface area contributed by atoms with Gasteiger partial charge in [-0.3, -0.25) is 14.5 Å². The minimum atomic E-state index is -0.00836. The van der Waals surface area contributed by atoms with Crippen LogP contribution in [0.2, 0.25) is 0 Å². The Kier molecular flexibility index (Phi) is 11.9. The zero-order chi connectivity index (χ0) is 37.4. The topological polar surface area (TPSA) is 202 Å². The van der Waals surface area contributed by atoms with Crippen LogP contribution in [0.4, 0.5) is 11.8 Å². The fourth-order valence-electron chi connectivity index (χ4n) is 7.10. The summed E-state index contributed by atoms with van der Waals surface area (Å²) in [7, 11) is 0. The first kappa shape index (κ1) is 37.2. The summed E-state index contributed by atoms with van der Waals surface area (Å²) in [6, 6.07) is 12.2. The Morgan fingerprint density at radius 3 is 2.56 bits per heavy atom. The molecule has 0 bridgehead atoms. The van der Waals surface area contributed by atoms with Gasteiger partial charge in [-0.25, -0.2) is 14.6 Å². The summed E-state index contributed by atoms with van der Waals surface area (Å²) in [6.07, 6.45) is 4.17. The summed E-state index contributed by atoms with van der Waals surface area (Å²) in [5, 5.41) is 8.73. The molecule has 0 radical (unpaired) electrons. The van der Waals surface area contributed by atoms with E-state index in [1.807, 2.05) is 34.7 Å². The number of nitrogens with one attached hydrogen (secondary N) is 1. The van der Waals surface area contributed by atoms with E-state index < -0.39 is 0 Å². The Morgan fingerprint density at radius 1 is 0.944 bits per heavy atom. The van der Waals surface area contributed by atoms with Gasteiger partial charge in [-0.1, -0.05) is 18.2 Å². The van der Waals surface area contributed by atoms with E-state index in [2.05, 4.69) is 43.4 Å². The average molecular weight is 741 g/mol. The van der Waals surface area contributed by atoms with Gasteiger partial charge in [0.25, 0.3) is 6.01 Å². The molecular weight excluding hydrogens is 692 g/mol. The predicted octanol–water partition coefficient (Wildman–Crippen LogP) is 2.77. The Labute approximate surface area is 313 Å². The van der Waals surface area contributed by atoms with Crippen LogP contribution in [0.25, 0.3) is 33.4 Å². The number of hydrogen-bond acceptors (Lipinski definition) is 13. The van der Waals surface area contributed by atoms with Crippen LogP contribution < -0.4 is 16.8 Å². The normalized spacial score (nSPS) is 15.2. The van der Waals surface area contributed by atoms with E-state index in [-0.39, 0.29) is 23.9 Å². The van der Waals surface area contributed by atoms with Crippen molar-refractivity contribution in [3.8, 4) is 11.3 Å². The molecule has 2 aromatic carbocycles. The summed E-state index contributed by atoms with van der Waals surface area (Å²) in [4.78, 5) is 43.0. The zero-order valence-electron chi connectivity index (χ0n) is 30.7. The number of carbonyl (C=O) groups excluding carboxylic acids is 2. The number of rotatable bonds is 16. The van der Waals surface area contributed by atoms with E-state index in [1.165, 1.54) is 11.9 Å². The first-order valence-electron chi connectivity index (χ1n) is 18.6. The molecule has 0 atom stereocenters. The molecule has 54 heavy (non-hydrogen) atoms. The van der Waals surface area contributed by atoms with Crippen LogP contribution in [0.15, 0.2) is 47.1 Å². The standard InChI is InChI=1S/C38H48N10O6/c1-2-51-15-16-53-18-17-52-14-10-32(49)43-29-8-11-46(12-9-29)23-33(50)47-13-7-26-19-25(3-4-28(26)22-47)21-48-37-34(36(39)41-24-42-37)35(45-48)27-5-6-31-30(20-27)44-38(40)54-31/h3-6,19-20,24,29H,2,7-18,21-23H2,1H3,(H2,40,44)(H,43,49)(H2,39,41,42). The maximum absolute atomic E-state index is 13.4. The van der Waals surface area contributed by atoms with Crippen molar-refractivity contribution in [1.29, 1.82) is 0 Å². The molecular formula is C38H48N10O6. The predicted molar refractivity (Wildman–Crippen MR) is 202 cm³/mol. The first-order chi connectivity index (χ1) is 26.3. The highest BCUT2D eigenvalue weighted by Crippen LogP contribution is 2.33. The molecule has 286 valence electrons. The summed E-state index contributed by atoms with van der Waals surface area (Å²) < 4.78 is 23.4. The highest BCUT2D eigenvalue weighted by molar-refractivity contribution is 5.99. The highest BCUT2D eigenvalue weighted by atomic mass is 16.5. The number of oxazole rings is 1. The molecule has 2 aliphatic rings. The molecule has 0 saturated carbocycles. The fraction of sp³-hybridized carbons (Fsp3) is 0.474. The van der Waals surface area contributed by atoms with Gasteiger partial charge in [0, 0.05) is 50.8 Å². The second-order valence-corrected chi connectivity index (χ2v) is 13.7. The van der Waals surface area contributed by atoms with Crippen molar-refractivity contribution in [3.63, 3.8) is 0 Å². The molecule has 7 rings (SSSR count). The minimum Gasteiger partial charge on any atom is -0.424 e. The second-order valence-electron chi connectivity index (χ2n) is 13.7. The molecule has 1 saturated heterocycles. The molecule has 0 unspecified atom stereocenters. The Morgan fingerprint density at radius 2 is 1.74 bits per heavy atom. The van der Waals surface area contributed by atoms with Gasteiger partial charge in [0.2, 0.25) is 11.8 Å². The molecule has 5 N–H and O–H groups in total. The lowest BCUT2D eigenvalue weighted by molar-refractivity contribution is -0.134. The Balaban J connectivity index is 0.880. The number of piperidine rings is 1. The SMILES string of the molecule is CCOCCOCCOCCC(=O)NC1CCN(CC(=O)N2CCc3cc(Cn4nc(-c5ccc6oc(N)nc6c5)c5c(N)ncnc54)ccc3C2)CC1. The van der Waals surface area contributed by atoms with Gasteiger partial charge < -0.3 is 40.3 Å². The van der Waals surface area contributed by atoms with Crippen molar-refractivity contribution in [2.24, 2.45) is 0 Å². The van der Waals surface area contributed by atoms with E-state index in [1.54, 1.807) is 0 Å². The lowest BCUT2D eigenvalue weighted by atomic mass is 9.97. The van der Waals surface area contributed by atoms with Crippen LogP contribution in [0.5, 0.6) is 0 Å². The molecule has 2 aliphatic heterocycles.